The van der Waals surface area contributed by atoms with E-state index >= 15 is 0 Å². The third-order valence-corrected chi connectivity index (χ3v) is 9.24. The molecule has 5 rings (SSSR count). The van der Waals surface area contributed by atoms with Crippen molar-refractivity contribution in [3.05, 3.63) is 154 Å². The molecule has 1 aliphatic rings. The fraction of sp³-hybridized carbons (Fsp3) is 0.333. The Balaban J connectivity index is 1.15. The van der Waals surface area contributed by atoms with Gasteiger partial charge < -0.3 is 28.8 Å². The molecule has 0 saturated carbocycles. The lowest BCUT2D eigenvalue weighted by atomic mass is 9.80. The molecule has 7 heteroatoms. The maximum atomic E-state index is 10.5. The first-order valence-electron chi connectivity index (χ1n) is 16.8. The SMILES string of the molecule is COc1ccc(COC[C@@H]2O[C@@H](CC/C(Cl)=C/C/C=C(/C)COC(c3ccccc3)(c3ccccc3)c3ccc(OC)cc3)C[C@@H]2O)cc1. The molecule has 0 aliphatic carbocycles. The maximum absolute atomic E-state index is 10.5. The van der Waals surface area contributed by atoms with Crippen molar-refractivity contribution in [3.8, 4) is 11.5 Å². The second-order valence-corrected chi connectivity index (χ2v) is 12.9. The van der Waals surface area contributed by atoms with Crippen molar-refractivity contribution < 1.29 is 28.8 Å². The summed E-state index contributed by atoms with van der Waals surface area (Å²) in [6.07, 6.45) is 5.95. The highest BCUT2D eigenvalue weighted by atomic mass is 35.5. The van der Waals surface area contributed by atoms with Crippen LogP contribution in [0.3, 0.4) is 0 Å². The van der Waals surface area contributed by atoms with E-state index in [0.29, 0.717) is 39.1 Å². The van der Waals surface area contributed by atoms with Crippen LogP contribution in [0, 0.1) is 0 Å². The number of rotatable bonds is 17. The third kappa shape index (κ3) is 9.84. The van der Waals surface area contributed by atoms with Crippen LogP contribution in [0.2, 0.25) is 0 Å². The molecule has 1 heterocycles. The average molecular weight is 683 g/mol. The van der Waals surface area contributed by atoms with Gasteiger partial charge >= 0.3 is 0 Å². The van der Waals surface area contributed by atoms with E-state index in [9.17, 15) is 5.11 Å². The van der Waals surface area contributed by atoms with Crippen LogP contribution in [0.5, 0.6) is 11.5 Å². The van der Waals surface area contributed by atoms with Crippen LogP contribution in [0.15, 0.2) is 132 Å². The molecule has 4 aromatic rings. The van der Waals surface area contributed by atoms with Gasteiger partial charge in [-0.15, -0.1) is 0 Å². The Morgan fingerprint density at radius 2 is 1.39 bits per heavy atom. The van der Waals surface area contributed by atoms with E-state index < -0.39 is 11.7 Å². The van der Waals surface area contributed by atoms with E-state index in [0.717, 1.165) is 50.8 Å². The summed E-state index contributed by atoms with van der Waals surface area (Å²) in [5, 5.41) is 11.3. The Bertz CT molecular complexity index is 1580. The van der Waals surface area contributed by atoms with Crippen molar-refractivity contribution in [2.24, 2.45) is 0 Å². The summed E-state index contributed by atoms with van der Waals surface area (Å²) in [5.41, 5.74) is 4.44. The first-order valence-corrected chi connectivity index (χ1v) is 17.2. The van der Waals surface area contributed by atoms with Gasteiger partial charge in [-0.3, -0.25) is 0 Å². The van der Waals surface area contributed by atoms with Crippen molar-refractivity contribution in [3.63, 3.8) is 0 Å². The zero-order valence-electron chi connectivity index (χ0n) is 28.6. The summed E-state index contributed by atoms with van der Waals surface area (Å²) in [5.74, 6) is 1.60. The lowest BCUT2D eigenvalue weighted by Crippen LogP contribution is -2.33. The van der Waals surface area contributed by atoms with E-state index in [-0.39, 0.29) is 12.2 Å². The predicted molar refractivity (Wildman–Crippen MR) is 195 cm³/mol. The number of benzene rings is 4. The molecule has 0 unspecified atom stereocenters. The summed E-state index contributed by atoms with van der Waals surface area (Å²) < 4.78 is 29.6. The maximum Gasteiger partial charge on any atom is 0.144 e. The number of methoxy groups -OCH3 is 2. The van der Waals surface area contributed by atoms with Gasteiger partial charge in [0.2, 0.25) is 0 Å². The van der Waals surface area contributed by atoms with Gasteiger partial charge in [-0.25, -0.2) is 0 Å². The minimum Gasteiger partial charge on any atom is -0.497 e. The molecule has 3 atom stereocenters. The zero-order valence-corrected chi connectivity index (χ0v) is 29.4. The van der Waals surface area contributed by atoms with Gasteiger partial charge in [0.25, 0.3) is 0 Å². The van der Waals surface area contributed by atoms with Crippen LogP contribution in [-0.4, -0.2) is 50.9 Å². The van der Waals surface area contributed by atoms with Gasteiger partial charge in [0, 0.05) is 11.5 Å². The number of halogens is 1. The molecule has 1 aliphatic heterocycles. The molecule has 49 heavy (non-hydrogen) atoms. The summed E-state index contributed by atoms with van der Waals surface area (Å²) >= 11 is 6.64. The molecule has 4 aromatic carbocycles. The van der Waals surface area contributed by atoms with Crippen molar-refractivity contribution in [2.45, 2.75) is 63.1 Å². The Morgan fingerprint density at radius 3 is 1.98 bits per heavy atom. The average Bonchev–Trinajstić information content (AvgIpc) is 3.51. The number of aliphatic hydroxyl groups is 1. The molecule has 258 valence electrons. The topological polar surface area (TPSA) is 66.4 Å². The van der Waals surface area contributed by atoms with E-state index in [4.69, 9.17) is 35.3 Å². The zero-order chi connectivity index (χ0) is 34.5. The lowest BCUT2D eigenvalue weighted by molar-refractivity contribution is -0.0493. The molecule has 0 radical (unpaired) electrons. The molecular weight excluding hydrogens is 636 g/mol. The largest absolute Gasteiger partial charge is 0.497 e. The van der Waals surface area contributed by atoms with E-state index in [1.807, 2.05) is 78.9 Å². The minimum absolute atomic E-state index is 0.0561. The second-order valence-electron chi connectivity index (χ2n) is 12.4. The molecule has 1 saturated heterocycles. The van der Waals surface area contributed by atoms with Gasteiger partial charge in [0.1, 0.15) is 23.2 Å². The van der Waals surface area contributed by atoms with Gasteiger partial charge in [0.15, 0.2) is 0 Å². The highest BCUT2D eigenvalue weighted by molar-refractivity contribution is 6.29. The van der Waals surface area contributed by atoms with Crippen LogP contribution >= 0.6 is 11.6 Å². The molecule has 0 amide bonds. The molecule has 0 aromatic heterocycles. The highest BCUT2D eigenvalue weighted by Crippen LogP contribution is 2.41. The fourth-order valence-electron chi connectivity index (χ4n) is 6.16. The summed E-state index contributed by atoms with van der Waals surface area (Å²) in [4.78, 5) is 0. The van der Waals surface area contributed by atoms with Gasteiger partial charge in [0.05, 0.1) is 46.2 Å². The van der Waals surface area contributed by atoms with Gasteiger partial charge in [-0.1, -0.05) is 114 Å². The van der Waals surface area contributed by atoms with E-state index in [1.54, 1.807) is 14.2 Å². The number of hydrogen-bond acceptors (Lipinski definition) is 6. The number of ether oxygens (including phenoxy) is 5. The molecule has 6 nitrogen and oxygen atoms in total. The highest BCUT2D eigenvalue weighted by Gasteiger charge is 2.38. The standard InChI is InChI=1S/C42H47ClO6/c1-31(11-10-16-36(43)21-26-39-27-40(44)41(49-39)30-47-29-32-17-22-37(45-2)23-18-32)28-48-42(33-12-6-4-7-13-33,34-14-8-5-9-15-34)35-19-24-38(46-3)25-20-35/h4-9,11-20,22-25,39-41,44H,10,21,26-30H2,1-3H3/b31-11-,36-16-/t39-,40-,41-/m0/s1. The van der Waals surface area contributed by atoms with Crippen molar-refractivity contribution in [1.29, 1.82) is 0 Å². The Kier molecular flexibility index (Phi) is 13.5. The number of aliphatic hydroxyl groups excluding tert-OH is 1. The first-order chi connectivity index (χ1) is 23.9. The van der Waals surface area contributed by atoms with Crippen LogP contribution in [0.1, 0.15) is 54.9 Å². The smallest absolute Gasteiger partial charge is 0.144 e. The molecular formula is C42H47ClO6. The monoisotopic (exact) mass is 682 g/mol. The van der Waals surface area contributed by atoms with E-state index in [2.05, 4.69) is 49.4 Å². The van der Waals surface area contributed by atoms with Crippen molar-refractivity contribution in [2.75, 3.05) is 27.4 Å². The first kappa shape index (κ1) is 36.4. The van der Waals surface area contributed by atoms with Crippen LogP contribution in [0.4, 0.5) is 0 Å². The Labute approximate surface area is 295 Å². The van der Waals surface area contributed by atoms with Gasteiger partial charge in [-0.05, 0) is 72.7 Å². The second kappa shape index (κ2) is 18.2. The Morgan fingerprint density at radius 1 is 0.816 bits per heavy atom. The molecule has 0 spiro atoms. The normalized spacial score (nSPS) is 18.4. The summed E-state index contributed by atoms with van der Waals surface area (Å²) in [6, 6.07) is 36.5. The number of allylic oxidation sites excluding steroid dienone is 3. The van der Waals surface area contributed by atoms with E-state index in [1.165, 1.54) is 0 Å². The Hall–Kier alpha value is -3.91. The van der Waals surface area contributed by atoms with Crippen molar-refractivity contribution in [1.82, 2.24) is 0 Å². The molecule has 1 N–H and O–H groups in total. The molecule has 1 fully saturated rings. The van der Waals surface area contributed by atoms with Gasteiger partial charge in [-0.2, -0.15) is 0 Å². The summed E-state index contributed by atoms with van der Waals surface area (Å²) in [7, 11) is 3.32. The van der Waals surface area contributed by atoms with Crippen molar-refractivity contribution >= 4 is 11.6 Å². The lowest BCUT2D eigenvalue weighted by Gasteiger charge is -2.36. The predicted octanol–water partition coefficient (Wildman–Crippen LogP) is 8.99. The molecule has 0 bridgehead atoms. The van der Waals surface area contributed by atoms with Crippen LogP contribution < -0.4 is 9.47 Å². The third-order valence-electron chi connectivity index (χ3n) is 8.90. The fourth-order valence-corrected chi connectivity index (χ4v) is 6.36. The summed E-state index contributed by atoms with van der Waals surface area (Å²) in [6.45, 7) is 3.31. The van der Waals surface area contributed by atoms with Crippen LogP contribution in [0.25, 0.3) is 0 Å². The number of hydrogen-bond donors (Lipinski definition) is 1. The minimum atomic E-state index is -0.818. The quantitative estimate of drug-likeness (QED) is 0.0886. The van der Waals surface area contributed by atoms with Crippen LogP contribution in [-0.2, 0) is 26.4 Å².